The number of benzene rings is 2. The number of halogens is 2. The van der Waals surface area contributed by atoms with Crippen LogP contribution in [0.1, 0.15) is 31.7 Å². The van der Waals surface area contributed by atoms with E-state index in [1.165, 1.54) is 6.08 Å². The minimum Gasteiger partial charge on any atom is -0.495 e. The molecule has 0 fully saturated rings. The third-order valence-electron chi connectivity index (χ3n) is 3.83. The number of ether oxygens (including phenoxy) is 1. The Bertz CT molecular complexity index is 882. The Morgan fingerprint density at radius 1 is 1.11 bits per heavy atom. The number of unbranched alkanes of at least 4 members (excludes halogenated alkanes) is 1. The summed E-state index contributed by atoms with van der Waals surface area (Å²) in [6, 6.07) is 10.8. The highest BCUT2D eigenvalue weighted by atomic mass is 79.9. The molecule has 2 aromatic carbocycles. The molecule has 2 amide bonds. The Hall–Kier alpha value is -2.12. The molecule has 0 heterocycles. The van der Waals surface area contributed by atoms with E-state index in [1.54, 1.807) is 37.5 Å². The monoisotopic (exact) mass is 508 g/mol. The number of rotatable bonds is 8. The summed E-state index contributed by atoms with van der Waals surface area (Å²) in [5.74, 6) is 0.328. The second kappa shape index (κ2) is 11.0. The van der Waals surface area contributed by atoms with Crippen LogP contribution in [0.4, 0.5) is 11.4 Å². The van der Waals surface area contributed by atoms with E-state index in [0.717, 1.165) is 27.4 Å². The van der Waals surface area contributed by atoms with Gasteiger partial charge in [0.15, 0.2) is 0 Å². The lowest BCUT2D eigenvalue weighted by Crippen LogP contribution is -2.12. The van der Waals surface area contributed by atoms with Gasteiger partial charge in [-0.1, -0.05) is 35.3 Å². The third-order valence-corrected chi connectivity index (χ3v) is 4.87. The van der Waals surface area contributed by atoms with Gasteiger partial charge in [-0.25, -0.2) is 0 Å². The first-order valence-electron chi connectivity index (χ1n) is 8.85. The highest BCUT2D eigenvalue weighted by Crippen LogP contribution is 2.33. The zero-order chi connectivity index (χ0) is 20.5. The Morgan fingerprint density at radius 2 is 1.82 bits per heavy atom. The van der Waals surface area contributed by atoms with Crippen LogP contribution in [-0.2, 0) is 9.59 Å². The van der Waals surface area contributed by atoms with Crippen molar-refractivity contribution >= 4 is 61.1 Å². The number of amides is 2. The van der Waals surface area contributed by atoms with Crippen molar-refractivity contribution in [2.45, 2.75) is 26.2 Å². The molecule has 0 aliphatic heterocycles. The van der Waals surface area contributed by atoms with Gasteiger partial charge in [0.25, 0.3) is 0 Å². The number of methoxy groups -OCH3 is 1. The van der Waals surface area contributed by atoms with Crippen LogP contribution in [0, 0.1) is 0 Å². The maximum absolute atomic E-state index is 12.3. The standard InChI is InChI=1S/C21H22Br2N2O3/c1-3-4-8-19(26)24-16-6-5-7-17(13-16)25-20(27)10-9-14-11-15(22)12-18(23)21(14)28-2/h5-7,9-13H,3-4,8H2,1-2H3,(H,24,26)(H,25,27)/b10-9+. The molecule has 2 N–H and O–H groups in total. The van der Waals surface area contributed by atoms with Crippen molar-refractivity contribution in [2.24, 2.45) is 0 Å². The van der Waals surface area contributed by atoms with Crippen LogP contribution in [0.15, 0.2) is 51.4 Å². The smallest absolute Gasteiger partial charge is 0.248 e. The lowest BCUT2D eigenvalue weighted by Gasteiger charge is -2.09. The van der Waals surface area contributed by atoms with Gasteiger partial charge in [0.2, 0.25) is 11.8 Å². The second-order valence-corrected chi connectivity index (χ2v) is 7.84. The highest BCUT2D eigenvalue weighted by Gasteiger charge is 2.08. The molecular weight excluding hydrogens is 488 g/mol. The van der Waals surface area contributed by atoms with Crippen molar-refractivity contribution in [1.29, 1.82) is 0 Å². The van der Waals surface area contributed by atoms with E-state index >= 15 is 0 Å². The molecule has 0 bridgehead atoms. The molecule has 0 spiro atoms. The molecule has 0 aliphatic rings. The number of anilines is 2. The number of carbonyl (C=O) groups is 2. The van der Waals surface area contributed by atoms with Gasteiger partial charge in [-0.05, 0) is 58.8 Å². The first kappa shape index (κ1) is 22.2. The fourth-order valence-electron chi connectivity index (χ4n) is 2.50. The molecular formula is C21H22Br2N2O3. The van der Waals surface area contributed by atoms with Crippen LogP contribution in [0.2, 0.25) is 0 Å². The summed E-state index contributed by atoms with van der Waals surface area (Å²) >= 11 is 6.86. The molecule has 28 heavy (non-hydrogen) atoms. The maximum Gasteiger partial charge on any atom is 0.248 e. The average molecular weight is 510 g/mol. The van der Waals surface area contributed by atoms with E-state index in [9.17, 15) is 9.59 Å². The van der Waals surface area contributed by atoms with Crippen molar-refractivity contribution < 1.29 is 14.3 Å². The Kier molecular flexibility index (Phi) is 8.73. The van der Waals surface area contributed by atoms with Crippen molar-refractivity contribution in [3.05, 3.63) is 57.0 Å². The number of nitrogens with one attached hydrogen (secondary N) is 2. The molecule has 0 saturated heterocycles. The normalized spacial score (nSPS) is 10.7. The van der Waals surface area contributed by atoms with Crippen LogP contribution < -0.4 is 15.4 Å². The Balaban J connectivity index is 2.05. The maximum atomic E-state index is 12.3. The van der Waals surface area contributed by atoms with E-state index in [-0.39, 0.29) is 11.8 Å². The summed E-state index contributed by atoms with van der Waals surface area (Å²) in [6.07, 6.45) is 5.42. The van der Waals surface area contributed by atoms with E-state index in [4.69, 9.17) is 4.74 Å². The summed E-state index contributed by atoms with van der Waals surface area (Å²) in [6.45, 7) is 2.04. The van der Waals surface area contributed by atoms with Crippen molar-refractivity contribution in [3.63, 3.8) is 0 Å². The van der Waals surface area contributed by atoms with E-state index in [0.29, 0.717) is 23.5 Å². The van der Waals surface area contributed by atoms with E-state index in [2.05, 4.69) is 42.5 Å². The van der Waals surface area contributed by atoms with Gasteiger partial charge in [0.05, 0.1) is 11.6 Å². The van der Waals surface area contributed by atoms with Crippen LogP contribution >= 0.6 is 31.9 Å². The number of carbonyl (C=O) groups excluding carboxylic acids is 2. The fraction of sp³-hybridized carbons (Fsp3) is 0.238. The zero-order valence-electron chi connectivity index (χ0n) is 15.7. The molecule has 0 aliphatic carbocycles. The average Bonchev–Trinajstić information content (AvgIpc) is 2.64. The van der Waals surface area contributed by atoms with Crippen molar-refractivity contribution in [1.82, 2.24) is 0 Å². The summed E-state index contributed by atoms with van der Waals surface area (Å²) in [4.78, 5) is 24.1. The SMILES string of the molecule is CCCCC(=O)Nc1cccc(NC(=O)/C=C/c2cc(Br)cc(Br)c2OC)c1. The summed E-state index contributed by atoms with van der Waals surface area (Å²) in [5, 5.41) is 5.63. The van der Waals surface area contributed by atoms with Gasteiger partial charge < -0.3 is 15.4 Å². The van der Waals surface area contributed by atoms with Crippen molar-refractivity contribution in [3.8, 4) is 5.75 Å². The quantitative estimate of drug-likeness (QED) is 0.429. The molecule has 2 aromatic rings. The first-order chi connectivity index (χ1) is 13.4. The van der Waals surface area contributed by atoms with Gasteiger partial charge in [0.1, 0.15) is 5.75 Å². The van der Waals surface area contributed by atoms with Gasteiger partial charge in [-0.3, -0.25) is 9.59 Å². The minimum absolute atomic E-state index is 0.0300. The van der Waals surface area contributed by atoms with Crippen molar-refractivity contribution in [2.75, 3.05) is 17.7 Å². The predicted octanol–water partition coefficient (Wildman–Crippen LogP) is 6.00. The Morgan fingerprint density at radius 3 is 2.50 bits per heavy atom. The topological polar surface area (TPSA) is 67.4 Å². The zero-order valence-corrected chi connectivity index (χ0v) is 18.9. The van der Waals surface area contributed by atoms with Gasteiger partial charge >= 0.3 is 0 Å². The van der Waals surface area contributed by atoms with E-state index in [1.807, 2.05) is 19.1 Å². The van der Waals surface area contributed by atoms with Crippen LogP contribution in [-0.4, -0.2) is 18.9 Å². The lowest BCUT2D eigenvalue weighted by molar-refractivity contribution is -0.116. The summed E-state index contributed by atoms with van der Waals surface area (Å²) < 4.78 is 7.03. The highest BCUT2D eigenvalue weighted by molar-refractivity contribution is 9.11. The third kappa shape index (κ3) is 6.80. The van der Waals surface area contributed by atoms with Gasteiger partial charge in [-0.15, -0.1) is 0 Å². The van der Waals surface area contributed by atoms with Gasteiger partial charge in [0, 0.05) is 33.9 Å². The molecule has 0 radical (unpaired) electrons. The summed E-state index contributed by atoms with van der Waals surface area (Å²) in [7, 11) is 1.58. The van der Waals surface area contributed by atoms with Crippen LogP contribution in [0.25, 0.3) is 6.08 Å². The molecule has 0 unspecified atom stereocenters. The van der Waals surface area contributed by atoms with Gasteiger partial charge in [-0.2, -0.15) is 0 Å². The molecule has 148 valence electrons. The summed E-state index contributed by atoms with van der Waals surface area (Å²) in [5.41, 5.74) is 2.02. The molecule has 0 atom stereocenters. The second-order valence-electron chi connectivity index (χ2n) is 6.07. The molecule has 0 aromatic heterocycles. The minimum atomic E-state index is -0.285. The first-order valence-corrected chi connectivity index (χ1v) is 10.4. The molecule has 5 nitrogen and oxygen atoms in total. The Labute approximate surface area is 181 Å². The van der Waals surface area contributed by atoms with Crippen LogP contribution in [0.3, 0.4) is 0 Å². The fourth-order valence-corrected chi connectivity index (χ4v) is 3.92. The van der Waals surface area contributed by atoms with Crippen LogP contribution in [0.5, 0.6) is 5.75 Å². The molecule has 7 heteroatoms. The lowest BCUT2D eigenvalue weighted by atomic mass is 10.2. The predicted molar refractivity (Wildman–Crippen MR) is 121 cm³/mol. The van der Waals surface area contributed by atoms with E-state index < -0.39 is 0 Å². The number of hydrogen-bond acceptors (Lipinski definition) is 3. The molecule has 0 saturated carbocycles. The number of hydrogen-bond donors (Lipinski definition) is 2. The largest absolute Gasteiger partial charge is 0.495 e. The molecule has 2 rings (SSSR count).